The third-order valence-electron chi connectivity index (χ3n) is 4.15. The lowest BCUT2D eigenvalue weighted by atomic mass is 9.96. The Morgan fingerprint density at radius 1 is 1.13 bits per heavy atom. The Balaban J connectivity index is 1.90. The minimum Gasteiger partial charge on any atom is -0.349 e. The van der Waals surface area contributed by atoms with E-state index < -0.39 is 0 Å². The lowest BCUT2D eigenvalue weighted by Gasteiger charge is -2.33. The minimum atomic E-state index is -0.132. The van der Waals surface area contributed by atoms with E-state index in [1.807, 2.05) is 51.1 Å². The summed E-state index contributed by atoms with van der Waals surface area (Å²) in [6.45, 7) is 7.07. The standard InChI is InChI=1S/C18H27N3O2/c1-13(2)19-18(23)21-11-7-10-16(12-21)17(22)20-14(3)15-8-5-4-6-9-15/h4-6,8-9,13-14,16H,7,10-12H2,1-3H3,(H,19,23)(H,20,22)/t14-,16+/m1/s1. The molecule has 0 radical (unpaired) electrons. The maximum absolute atomic E-state index is 12.5. The van der Waals surface area contributed by atoms with Gasteiger partial charge < -0.3 is 15.5 Å². The Labute approximate surface area is 138 Å². The SMILES string of the molecule is CC(C)NC(=O)N1CCC[C@H](C(=O)N[C@H](C)c2ccccc2)C1. The fourth-order valence-corrected chi connectivity index (χ4v) is 2.87. The predicted molar refractivity (Wildman–Crippen MR) is 91.0 cm³/mol. The number of piperidine rings is 1. The summed E-state index contributed by atoms with van der Waals surface area (Å²) in [4.78, 5) is 26.4. The summed E-state index contributed by atoms with van der Waals surface area (Å²) in [5, 5.41) is 5.96. The molecule has 0 bridgehead atoms. The molecule has 2 atom stereocenters. The molecule has 126 valence electrons. The van der Waals surface area contributed by atoms with Crippen molar-refractivity contribution in [3.63, 3.8) is 0 Å². The maximum Gasteiger partial charge on any atom is 0.317 e. The van der Waals surface area contributed by atoms with Crippen molar-refractivity contribution in [2.75, 3.05) is 13.1 Å². The fraction of sp³-hybridized carbons (Fsp3) is 0.556. The highest BCUT2D eigenvalue weighted by atomic mass is 16.2. The molecular formula is C18H27N3O2. The van der Waals surface area contributed by atoms with Gasteiger partial charge in [0.05, 0.1) is 12.0 Å². The first-order valence-electron chi connectivity index (χ1n) is 8.38. The summed E-state index contributed by atoms with van der Waals surface area (Å²) in [6.07, 6.45) is 1.70. The average Bonchev–Trinajstić information content (AvgIpc) is 2.55. The van der Waals surface area contributed by atoms with Gasteiger partial charge in [-0.25, -0.2) is 4.79 Å². The number of likely N-dealkylation sites (tertiary alicyclic amines) is 1. The monoisotopic (exact) mass is 317 g/mol. The van der Waals surface area contributed by atoms with Crippen LogP contribution in [0.5, 0.6) is 0 Å². The number of benzene rings is 1. The van der Waals surface area contributed by atoms with E-state index in [-0.39, 0.29) is 29.9 Å². The van der Waals surface area contributed by atoms with Gasteiger partial charge in [0, 0.05) is 19.1 Å². The van der Waals surface area contributed by atoms with Crippen LogP contribution in [-0.2, 0) is 4.79 Å². The van der Waals surface area contributed by atoms with Crippen LogP contribution in [0.15, 0.2) is 30.3 Å². The molecule has 23 heavy (non-hydrogen) atoms. The molecule has 0 saturated carbocycles. The Hall–Kier alpha value is -2.04. The maximum atomic E-state index is 12.5. The van der Waals surface area contributed by atoms with Gasteiger partial charge in [0.1, 0.15) is 0 Å². The molecule has 0 spiro atoms. The van der Waals surface area contributed by atoms with Crippen LogP contribution in [0.3, 0.4) is 0 Å². The Bertz CT molecular complexity index is 530. The van der Waals surface area contributed by atoms with Crippen LogP contribution in [0.25, 0.3) is 0 Å². The molecule has 1 aliphatic heterocycles. The lowest BCUT2D eigenvalue weighted by Crippen LogP contribution is -2.50. The molecule has 2 rings (SSSR count). The van der Waals surface area contributed by atoms with Crippen LogP contribution in [0.1, 0.15) is 45.2 Å². The van der Waals surface area contributed by atoms with Crippen molar-refractivity contribution in [2.45, 2.75) is 45.7 Å². The van der Waals surface area contributed by atoms with Gasteiger partial charge in [-0.1, -0.05) is 30.3 Å². The summed E-state index contributed by atoms with van der Waals surface area (Å²) in [6, 6.07) is 9.92. The van der Waals surface area contributed by atoms with Gasteiger partial charge in [0.25, 0.3) is 0 Å². The zero-order chi connectivity index (χ0) is 16.8. The van der Waals surface area contributed by atoms with Gasteiger partial charge in [-0.05, 0) is 39.2 Å². The molecule has 1 fully saturated rings. The zero-order valence-electron chi connectivity index (χ0n) is 14.2. The molecule has 3 amide bonds. The second-order valence-electron chi connectivity index (χ2n) is 6.53. The molecule has 1 saturated heterocycles. The van der Waals surface area contributed by atoms with Crippen LogP contribution in [0, 0.1) is 5.92 Å². The van der Waals surface area contributed by atoms with E-state index in [2.05, 4.69) is 10.6 Å². The normalized spacial score (nSPS) is 19.3. The van der Waals surface area contributed by atoms with Gasteiger partial charge in [-0.2, -0.15) is 0 Å². The third-order valence-corrected chi connectivity index (χ3v) is 4.15. The van der Waals surface area contributed by atoms with Crippen LogP contribution < -0.4 is 10.6 Å². The quantitative estimate of drug-likeness (QED) is 0.897. The number of carbonyl (C=O) groups excluding carboxylic acids is 2. The van der Waals surface area contributed by atoms with Crippen LogP contribution in [0.2, 0.25) is 0 Å². The summed E-state index contributed by atoms with van der Waals surface area (Å²) in [7, 11) is 0. The number of hydrogen-bond donors (Lipinski definition) is 2. The van der Waals surface area contributed by atoms with E-state index in [1.54, 1.807) is 4.90 Å². The summed E-state index contributed by atoms with van der Waals surface area (Å²) in [5.41, 5.74) is 1.09. The van der Waals surface area contributed by atoms with Crippen molar-refractivity contribution in [2.24, 2.45) is 5.92 Å². The molecule has 5 heteroatoms. The molecule has 1 heterocycles. The number of urea groups is 1. The molecule has 2 N–H and O–H groups in total. The van der Waals surface area contributed by atoms with Gasteiger partial charge in [-0.15, -0.1) is 0 Å². The summed E-state index contributed by atoms with van der Waals surface area (Å²) >= 11 is 0. The molecule has 1 aromatic carbocycles. The number of carbonyl (C=O) groups is 2. The summed E-state index contributed by atoms with van der Waals surface area (Å²) < 4.78 is 0. The molecule has 1 aliphatic rings. The third kappa shape index (κ3) is 4.98. The number of nitrogens with one attached hydrogen (secondary N) is 2. The molecule has 0 unspecified atom stereocenters. The molecule has 5 nitrogen and oxygen atoms in total. The highest BCUT2D eigenvalue weighted by Gasteiger charge is 2.29. The van der Waals surface area contributed by atoms with Crippen LogP contribution in [0.4, 0.5) is 4.79 Å². The first-order chi connectivity index (χ1) is 11.0. The second-order valence-corrected chi connectivity index (χ2v) is 6.53. The largest absolute Gasteiger partial charge is 0.349 e. The first kappa shape index (κ1) is 17.3. The van der Waals surface area contributed by atoms with Crippen molar-refractivity contribution < 1.29 is 9.59 Å². The fourth-order valence-electron chi connectivity index (χ4n) is 2.87. The van der Waals surface area contributed by atoms with E-state index >= 15 is 0 Å². The van der Waals surface area contributed by atoms with Gasteiger partial charge in [0.2, 0.25) is 5.91 Å². The van der Waals surface area contributed by atoms with E-state index in [4.69, 9.17) is 0 Å². The topological polar surface area (TPSA) is 61.4 Å². The second kappa shape index (κ2) is 7.99. The van der Waals surface area contributed by atoms with Gasteiger partial charge in [-0.3, -0.25) is 4.79 Å². The minimum absolute atomic E-state index is 0.0245. The average molecular weight is 317 g/mol. The van der Waals surface area contributed by atoms with E-state index in [1.165, 1.54) is 0 Å². The van der Waals surface area contributed by atoms with E-state index in [0.717, 1.165) is 24.9 Å². The van der Waals surface area contributed by atoms with E-state index in [0.29, 0.717) is 6.54 Å². The molecular weight excluding hydrogens is 290 g/mol. The number of hydrogen-bond acceptors (Lipinski definition) is 2. The van der Waals surface area contributed by atoms with Crippen LogP contribution in [-0.4, -0.2) is 36.0 Å². The van der Waals surface area contributed by atoms with Crippen molar-refractivity contribution in [1.29, 1.82) is 0 Å². The summed E-state index contributed by atoms with van der Waals surface area (Å²) in [5.74, 6) is -0.101. The van der Waals surface area contributed by atoms with Crippen molar-refractivity contribution in [3.05, 3.63) is 35.9 Å². The Kier molecular flexibility index (Phi) is 6.02. The Morgan fingerprint density at radius 3 is 2.48 bits per heavy atom. The molecule has 0 aliphatic carbocycles. The molecule has 0 aromatic heterocycles. The van der Waals surface area contributed by atoms with Crippen molar-refractivity contribution in [1.82, 2.24) is 15.5 Å². The highest BCUT2D eigenvalue weighted by molar-refractivity contribution is 5.81. The van der Waals surface area contributed by atoms with Gasteiger partial charge >= 0.3 is 6.03 Å². The number of nitrogens with zero attached hydrogens (tertiary/aromatic N) is 1. The first-order valence-corrected chi connectivity index (χ1v) is 8.38. The van der Waals surface area contributed by atoms with Gasteiger partial charge in [0.15, 0.2) is 0 Å². The van der Waals surface area contributed by atoms with Crippen LogP contribution >= 0.6 is 0 Å². The number of amides is 3. The smallest absolute Gasteiger partial charge is 0.317 e. The predicted octanol–water partition coefficient (Wildman–Crippen LogP) is 2.69. The van der Waals surface area contributed by atoms with E-state index in [9.17, 15) is 9.59 Å². The van der Waals surface area contributed by atoms with Crippen molar-refractivity contribution >= 4 is 11.9 Å². The molecule has 1 aromatic rings. The highest BCUT2D eigenvalue weighted by Crippen LogP contribution is 2.19. The van der Waals surface area contributed by atoms with Crippen molar-refractivity contribution in [3.8, 4) is 0 Å². The zero-order valence-corrected chi connectivity index (χ0v) is 14.2. The number of rotatable bonds is 4. The lowest BCUT2D eigenvalue weighted by molar-refractivity contribution is -0.126. The Morgan fingerprint density at radius 2 is 1.83 bits per heavy atom.